The molecule has 0 radical (unpaired) electrons. The first-order valence-electron chi connectivity index (χ1n) is 7.34. The molecule has 7 nitrogen and oxygen atoms in total. The second-order valence-electron chi connectivity index (χ2n) is 5.15. The van der Waals surface area contributed by atoms with E-state index in [2.05, 4.69) is 38.0 Å². The van der Waals surface area contributed by atoms with Gasteiger partial charge in [0.25, 0.3) is 5.91 Å². The van der Waals surface area contributed by atoms with Crippen LogP contribution in [-0.4, -0.2) is 28.4 Å². The smallest absolute Gasteiger partial charge is 0.271 e. The largest absolute Gasteiger partial charge is 0.496 e. The molecule has 3 rings (SSSR count). The summed E-state index contributed by atoms with van der Waals surface area (Å²) in [6, 6.07) is 13.2. The number of rotatable bonds is 6. The van der Waals surface area contributed by atoms with E-state index in [-0.39, 0.29) is 5.69 Å². The number of nitrogens with zero attached hydrogens (tertiary/aromatic N) is 2. The van der Waals surface area contributed by atoms with Crippen LogP contribution in [0.2, 0.25) is 0 Å². The molecule has 0 aliphatic carbocycles. The Kier molecular flexibility index (Phi) is 5.17. The second kappa shape index (κ2) is 7.51. The molecule has 0 unspecified atom stereocenters. The first kappa shape index (κ1) is 17.2. The maximum atomic E-state index is 11.5. The number of aromatic nitrogens is 3. The molecule has 8 heteroatoms. The summed E-state index contributed by atoms with van der Waals surface area (Å²) in [6.45, 7) is 0.307. The number of methoxy groups -OCH3 is 1. The Bertz CT molecular complexity index is 893. The van der Waals surface area contributed by atoms with Crippen LogP contribution in [0.1, 0.15) is 16.1 Å². The Hall–Kier alpha value is -2.62. The van der Waals surface area contributed by atoms with Crippen LogP contribution >= 0.6 is 22.6 Å². The fourth-order valence-electron chi connectivity index (χ4n) is 2.33. The van der Waals surface area contributed by atoms with E-state index in [4.69, 9.17) is 15.2 Å². The van der Waals surface area contributed by atoms with Crippen LogP contribution in [0.5, 0.6) is 11.5 Å². The Morgan fingerprint density at radius 1 is 1.20 bits per heavy atom. The summed E-state index contributed by atoms with van der Waals surface area (Å²) >= 11 is 2.24. The van der Waals surface area contributed by atoms with E-state index in [0.717, 1.165) is 14.9 Å². The fraction of sp³-hybridized carbons (Fsp3) is 0.118. The lowest BCUT2D eigenvalue weighted by molar-refractivity contribution is 0.0996. The number of halogens is 1. The van der Waals surface area contributed by atoms with E-state index in [9.17, 15) is 4.79 Å². The van der Waals surface area contributed by atoms with E-state index in [1.165, 1.54) is 0 Å². The first-order chi connectivity index (χ1) is 12.1. The van der Waals surface area contributed by atoms with E-state index in [1.54, 1.807) is 19.2 Å². The normalized spacial score (nSPS) is 10.5. The van der Waals surface area contributed by atoms with Crippen LogP contribution in [0.25, 0.3) is 11.3 Å². The van der Waals surface area contributed by atoms with Crippen LogP contribution < -0.4 is 15.2 Å². The topological polar surface area (TPSA) is 103 Å². The molecule has 128 valence electrons. The predicted molar refractivity (Wildman–Crippen MR) is 100 cm³/mol. The maximum Gasteiger partial charge on any atom is 0.271 e. The Morgan fingerprint density at radius 3 is 2.64 bits per heavy atom. The lowest BCUT2D eigenvalue weighted by Gasteiger charge is -2.12. The number of aromatic amines is 1. The summed E-state index contributed by atoms with van der Waals surface area (Å²) < 4.78 is 12.3. The molecule has 0 bridgehead atoms. The van der Waals surface area contributed by atoms with Crippen molar-refractivity contribution in [2.45, 2.75) is 6.61 Å². The fourth-order valence-corrected chi connectivity index (χ4v) is 2.69. The zero-order chi connectivity index (χ0) is 17.8. The third kappa shape index (κ3) is 3.90. The molecule has 1 heterocycles. The number of ether oxygens (including phenoxy) is 2. The molecule has 1 aromatic heterocycles. The summed E-state index contributed by atoms with van der Waals surface area (Å²) in [5.74, 6) is 0.793. The van der Waals surface area contributed by atoms with E-state index >= 15 is 0 Å². The number of carbonyl (C=O) groups is 1. The van der Waals surface area contributed by atoms with Gasteiger partial charge in [0, 0.05) is 14.7 Å². The zero-order valence-corrected chi connectivity index (χ0v) is 15.5. The molecular weight excluding hydrogens is 435 g/mol. The van der Waals surface area contributed by atoms with Gasteiger partial charge in [0.05, 0.1) is 7.11 Å². The van der Waals surface area contributed by atoms with E-state index in [1.807, 2.05) is 30.3 Å². The average molecular weight is 450 g/mol. The number of nitrogens with two attached hydrogens (primary N) is 1. The summed E-state index contributed by atoms with van der Waals surface area (Å²) in [6.07, 6.45) is 0. The first-order valence-corrected chi connectivity index (χ1v) is 8.42. The maximum absolute atomic E-state index is 11.5. The van der Waals surface area contributed by atoms with Crippen LogP contribution in [0.4, 0.5) is 0 Å². The van der Waals surface area contributed by atoms with Crippen molar-refractivity contribution in [3.8, 4) is 22.8 Å². The summed E-state index contributed by atoms with van der Waals surface area (Å²) in [5.41, 5.74) is 7.33. The minimum Gasteiger partial charge on any atom is -0.496 e. The Morgan fingerprint density at radius 2 is 1.96 bits per heavy atom. The Balaban J connectivity index is 1.88. The average Bonchev–Trinajstić information content (AvgIpc) is 3.11. The lowest BCUT2D eigenvalue weighted by Crippen LogP contribution is -2.12. The molecule has 0 atom stereocenters. The highest BCUT2D eigenvalue weighted by molar-refractivity contribution is 14.1. The highest BCUT2D eigenvalue weighted by Gasteiger charge is 2.17. The standard InChI is InChI=1S/C17H15IN4O3/c1-24-14-7-2-10(15-16(17(19)23)21-22-20-15)8-11(14)9-25-13-5-3-12(18)4-6-13/h2-8H,9H2,1H3,(H2,19,23)(H,20,21,22). The summed E-state index contributed by atoms with van der Waals surface area (Å²) in [5, 5.41) is 10.2. The van der Waals surface area contributed by atoms with Gasteiger partial charge in [0.2, 0.25) is 0 Å². The zero-order valence-electron chi connectivity index (χ0n) is 13.3. The number of primary amides is 1. The number of H-pyrrole nitrogens is 1. The number of amides is 1. The second-order valence-corrected chi connectivity index (χ2v) is 6.40. The van der Waals surface area contributed by atoms with E-state index < -0.39 is 5.91 Å². The molecule has 25 heavy (non-hydrogen) atoms. The van der Waals surface area contributed by atoms with Gasteiger partial charge in [-0.15, -0.1) is 0 Å². The highest BCUT2D eigenvalue weighted by atomic mass is 127. The highest BCUT2D eigenvalue weighted by Crippen LogP contribution is 2.28. The van der Waals surface area contributed by atoms with Gasteiger partial charge in [0.1, 0.15) is 23.8 Å². The van der Waals surface area contributed by atoms with Gasteiger partial charge in [-0.2, -0.15) is 15.4 Å². The predicted octanol–water partition coefficient (Wildman–Crippen LogP) is 2.76. The van der Waals surface area contributed by atoms with Crippen LogP contribution in [-0.2, 0) is 6.61 Å². The molecule has 0 aliphatic heterocycles. The van der Waals surface area contributed by atoms with Crippen LogP contribution in [0.15, 0.2) is 42.5 Å². The number of hydrogen-bond donors (Lipinski definition) is 2. The lowest BCUT2D eigenvalue weighted by atomic mass is 10.1. The summed E-state index contributed by atoms with van der Waals surface area (Å²) in [4.78, 5) is 11.5. The molecule has 0 saturated carbocycles. The van der Waals surface area contributed by atoms with Crippen molar-refractivity contribution in [2.24, 2.45) is 5.73 Å². The molecule has 3 N–H and O–H groups in total. The molecule has 0 saturated heterocycles. The van der Waals surface area contributed by atoms with Gasteiger partial charge < -0.3 is 15.2 Å². The van der Waals surface area contributed by atoms with Crippen LogP contribution in [0.3, 0.4) is 0 Å². The minimum atomic E-state index is -0.642. The van der Waals surface area contributed by atoms with Gasteiger partial charge in [-0.25, -0.2) is 0 Å². The molecule has 0 spiro atoms. The number of hydrogen-bond acceptors (Lipinski definition) is 5. The van der Waals surface area contributed by atoms with Crippen molar-refractivity contribution < 1.29 is 14.3 Å². The van der Waals surface area contributed by atoms with Crippen molar-refractivity contribution in [2.75, 3.05) is 7.11 Å². The van der Waals surface area contributed by atoms with Crippen molar-refractivity contribution >= 4 is 28.5 Å². The number of benzene rings is 2. The van der Waals surface area contributed by atoms with Crippen molar-refractivity contribution in [1.82, 2.24) is 15.4 Å². The quantitative estimate of drug-likeness (QED) is 0.563. The van der Waals surface area contributed by atoms with Crippen LogP contribution in [0, 0.1) is 3.57 Å². The van der Waals surface area contributed by atoms with Crippen molar-refractivity contribution in [3.05, 3.63) is 57.3 Å². The van der Waals surface area contributed by atoms with Crippen molar-refractivity contribution in [3.63, 3.8) is 0 Å². The molecular formula is C17H15IN4O3. The molecule has 1 amide bonds. The SMILES string of the molecule is COc1ccc(-c2n[nH]nc2C(N)=O)cc1COc1ccc(I)cc1. The van der Waals surface area contributed by atoms with E-state index in [0.29, 0.717) is 23.6 Å². The molecule has 3 aromatic rings. The minimum absolute atomic E-state index is 0.0923. The summed E-state index contributed by atoms with van der Waals surface area (Å²) in [7, 11) is 1.59. The third-order valence-corrected chi connectivity index (χ3v) is 4.26. The third-order valence-electron chi connectivity index (χ3n) is 3.54. The molecule has 0 aliphatic rings. The van der Waals surface area contributed by atoms with Gasteiger partial charge in [-0.3, -0.25) is 4.79 Å². The van der Waals surface area contributed by atoms with Gasteiger partial charge >= 0.3 is 0 Å². The van der Waals surface area contributed by atoms with Gasteiger partial charge in [0.15, 0.2) is 5.69 Å². The number of carbonyl (C=O) groups excluding carboxylic acids is 1. The van der Waals surface area contributed by atoms with Crippen molar-refractivity contribution in [1.29, 1.82) is 0 Å². The van der Waals surface area contributed by atoms with Gasteiger partial charge in [-0.1, -0.05) is 0 Å². The molecule has 0 fully saturated rings. The molecule has 2 aromatic carbocycles. The number of nitrogens with one attached hydrogen (secondary N) is 1. The van der Waals surface area contributed by atoms with Gasteiger partial charge in [-0.05, 0) is 65.1 Å². The Labute approximate surface area is 157 Å². The monoisotopic (exact) mass is 450 g/mol.